The van der Waals surface area contributed by atoms with Crippen LogP contribution in [0.2, 0.25) is 0 Å². The molecule has 0 N–H and O–H groups in total. The quantitative estimate of drug-likeness (QED) is 0.148. The summed E-state index contributed by atoms with van der Waals surface area (Å²) in [5.41, 5.74) is 20.4. The Morgan fingerprint density at radius 3 is 1.60 bits per heavy atom. The number of hydrogen-bond acceptors (Lipinski definition) is 1. The van der Waals surface area contributed by atoms with Gasteiger partial charge in [-0.05, 0) is 108 Å². The van der Waals surface area contributed by atoms with E-state index in [1.54, 1.807) is 0 Å². The van der Waals surface area contributed by atoms with E-state index < -0.39 is 0 Å². The van der Waals surface area contributed by atoms with Gasteiger partial charge in [0.1, 0.15) is 0 Å². The van der Waals surface area contributed by atoms with Crippen molar-refractivity contribution in [3.8, 4) is 66.8 Å². The summed E-state index contributed by atoms with van der Waals surface area (Å²) in [6, 6.07) is 86.8. The molecule has 1 aliphatic rings. The van der Waals surface area contributed by atoms with E-state index in [2.05, 4.69) is 255 Å². The minimum Gasteiger partial charge on any atom is -0.309 e. The van der Waals surface area contributed by atoms with Crippen LogP contribution in [-0.4, -0.2) is 0 Å². The highest BCUT2D eigenvalue weighted by molar-refractivity contribution is 6.04. The molecule has 0 radical (unpaired) electrons. The Kier molecular flexibility index (Phi) is 9.24. The minimum atomic E-state index is -0.122. The summed E-state index contributed by atoms with van der Waals surface area (Å²) in [7, 11) is 0. The van der Waals surface area contributed by atoms with Crippen LogP contribution in [0, 0.1) is 0 Å². The van der Waals surface area contributed by atoms with E-state index >= 15 is 0 Å². The fourth-order valence-electron chi connectivity index (χ4n) is 9.92. The van der Waals surface area contributed by atoms with Gasteiger partial charge in [-0.1, -0.05) is 220 Å². The SMILES string of the molecule is CC1(C)c2ccccc2-c2c(-c3ccccc3N(c3cccc(-c4ccc5ccccc5c4)c3)c3cccc(-c4ccccc4)c3-c3ccccc3-c3ccccc3)cccc21. The van der Waals surface area contributed by atoms with Crippen molar-refractivity contribution in [1.29, 1.82) is 0 Å². The third-order valence-electron chi connectivity index (χ3n) is 12.9. The van der Waals surface area contributed by atoms with E-state index in [0.717, 1.165) is 22.6 Å². The Labute approximate surface area is 364 Å². The average molecular weight is 792 g/mol. The van der Waals surface area contributed by atoms with E-state index in [9.17, 15) is 0 Å². The first-order chi connectivity index (χ1) is 30.5. The second-order valence-electron chi connectivity index (χ2n) is 16.8. The lowest BCUT2D eigenvalue weighted by Gasteiger charge is -2.32. The van der Waals surface area contributed by atoms with E-state index in [0.29, 0.717) is 0 Å². The number of hydrogen-bond donors (Lipinski definition) is 0. The lowest BCUT2D eigenvalue weighted by atomic mass is 9.82. The predicted molar refractivity (Wildman–Crippen MR) is 263 cm³/mol. The lowest BCUT2D eigenvalue weighted by molar-refractivity contribution is 0.660. The van der Waals surface area contributed by atoms with Crippen molar-refractivity contribution in [2.24, 2.45) is 0 Å². The maximum atomic E-state index is 2.52. The second-order valence-corrected chi connectivity index (χ2v) is 16.8. The third-order valence-corrected chi connectivity index (χ3v) is 12.9. The maximum Gasteiger partial charge on any atom is 0.0546 e. The predicted octanol–water partition coefficient (Wildman–Crippen LogP) is 17.0. The van der Waals surface area contributed by atoms with E-state index in [1.807, 2.05) is 0 Å². The highest BCUT2D eigenvalue weighted by atomic mass is 15.1. The molecule has 62 heavy (non-hydrogen) atoms. The highest BCUT2D eigenvalue weighted by Crippen LogP contribution is 2.55. The van der Waals surface area contributed by atoms with Gasteiger partial charge in [0.25, 0.3) is 0 Å². The summed E-state index contributed by atoms with van der Waals surface area (Å²) in [5, 5.41) is 2.47. The third kappa shape index (κ3) is 6.33. The van der Waals surface area contributed by atoms with Crippen molar-refractivity contribution in [1.82, 2.24) is 0 Å². The van der Waals surface area contributed by atoms with Crippen LogP contribution in [0.3, 0.4) is 0 Å². The summed E-state index contributed by atoms with van der Waals surface area (Å²) in [5.74, 6) is 0. The van der Waals surface area contributed by atoms with E-state index in [1.165, 1.54) is 83.1 Å². The molecule has 10 aromatic carbocycles. The summed E-state index contributed by atoms with van der Waals surface area (Å²) in [6.07, 6.45) is 0. The van der Waals surface area contributed by atoms with Gasteiger partial charge in [-0.15, -0.1) is 0 Å². The molecule has 0 aliphatic heterocycles. The van der Waals surface area contributed by atoms with Gasteiger partial charge in [0, 0.05) is 22.2 Å². The van der Waals surface area contributed by atoms with E-state index in [4.69, 9.17) is 0 Å². The average Bonchev–Trinajstić information content (AvgIpc) is 3.58. The first kappa shape index (κ1) is 37.3. The molecule has 0 fully saturated rings. The smallest absolute Gasteiger partial charge is 0.0546 e. The van der Waals surface area contributed by atoms with Gasteiger partial charge < -0.3 is 4.90 Å². The maximum absolute atomic E-state index is 2.52. The van der Waals surface area contributed by atoms with E-state index in [-0.39, 0.29) is 5.41 Å². The molecule has 1 heteroatoms. The van der Waals surface area contributed by atoms with Crippen molar-refractivity contribution < 1.29 is 0 Å². The lowest BCUT2D eigenvalue weighted by Crippen LogP contribution is -2.15. The Morgan fingerprint density at radius 2 is 0.806 bits per heavy atom. The van der Waals surface area contributed by atoms with Crippen LogP contribution < -0.4 is 4.90 Å². The molecule has 0 aromatic heterocycles. The van der Waals surface area contributed by atoms with Crippen molar-refractivity contribution >= 4 is 27.8 Å². The topological polar surface area (TPSA) is 3.24 Å². The molecule has 1 nitrogen and oxygen atoms in total. The zero-order valence-corrected chi connectivity index (χ0v) is 35.0. The van der Waals surface area contributed by atoms with Crippen LogP contribution in [0.4, 0.5) is 17.1 Å². The van der Waals surface area contributed by atoms with Gasteiger partial charge in [0.2, 0.25) is 0 Å². The standard InChI is InChI=1S/C61H45N/c1-61(2)55-34-15-13-31-54(55)59-53(33-18-35-56(59)61)51-29-14-16-36-57(51)62(48-27-17-26-46(41-48)47-39-38-42-20-9-10-25-45(42)40-47)58-37-19-32-50(44-23-7-4-8-24-44)60(58)52-30-12-11-28-49(52)43-21-5-3-6-22-43/h3-41H,1-2H3. The Hall–Kier alpha value is -7.74. The molecule has 0 spiro atoms. The minimum absolute atomic E-state index is 0.122. The van der Waals surface area contributed by atoms with Gasteiger partial charge in [-0.3, -0.25) is 0 Å². The summed E-state index contributed by atoms with van der Waals surface area (Å²) >= 11 is 0. The summed E-state index contributed by atoms with van der Waals surface area (Å²) < 4.78 is 0. The second kappa shape index (κ2) is 15.4. The molecule has 0 bridgehead atoms. The fourth-order valence-corrected chi connectivity index (χ4v) is 9.92. The molecule has 0 heterocycles. The first-order valence-electron chi connectivity index (χ1n) is 21.6. The van der Waals surface area contributed by atoms with Gasteiger partial charge in [0.15, 0.2) is 0 Å². The molecule has 0 unspecified atom stereocenters. The molecule has 10 aromatic rings. The van der Waals surface area contributed by atoms with Gasteiger partial charge in [0.05, 0.1) is 11.4 Å². The molecule has 11 rings (SSSR count). The van der Waals surface area contributed by atoms with Crippen LogP contribution in [0.1, 0.15) is 25.0 Å². The normalized spacial score (nSPS) is 12.5. The molecule has 0 atom stereocenters. The molecule has 0 saturated heterocycles. The van der Waals surface area contributed by atoms with Crippen LogP contribution in [0.25, 0.3) is 77.5 Å². The summed E-state index contributed by atoms with van der Waals surface area (Å²) in [6.45, 7) is 4.73. The molecular formula is C61H45N. The van der Waals surface area contributed by atoms with Crippen molar-refractivity contribution in [2.75, 3.05) is 4.90 Å². The molecular weight excluding hydrogens is 747 g/mol. The molecule has 1 aliphatic carbocycles. The molecule has 294 valence electrons. The Bertz CT molecular complexity index is 3270. The van der Waals surface area contributed by atoms with Crippen molar-refractivity contribution in [3.63, 3.8) is 0 Å². The zero-order chi connectivity index (χ0) is 41.6. The summed E-state index contributed by atoms with van der Waals surface area (Å²) in [4.78, 5) is 2.52. The van der Waals surface area contributed by atoms with Crippen LogP contribution in [-0.2, 0) is 5.41 Å². The largest absolute Gasteiger partial charge is 0.309 e. The van der Waals surface area contributed by atoms with Crippen LogP contribution in [0.5, 0.6) is 0 Å². The molecule has 0 saturated carbocycles. The van der Waals surface area contributed by atoms with Crippen molar-refractivity contribution in [2.45, 2.75) is 19.3 Å². The Balaban J connectivity index is 1.22. The van der Waals surface area contributed by atoms with Crippen LogP contribution >= 0.6 is 0 Å². The van der Waals surface area contributed by atoms with Crippen LogP contribution in [0.15, 0.2) is 237 Å². The molecule has 0 amide bonds. The number of nitrogens with zero attached hydrogens (tertiary/aromatic N) is 1. The number of para-hydroxylation sites is 1. The van der Waals surface area contributed by atoms with Gasteiger partial charge >= 0.3 is 0 Å². The number of anilines is 3. The highest BCUT2D eigenvalue weighted by Gasteiger charge is 2.37. The number of fused-ring (bicyclic) bond motifs is 4. The van der Waals surface area contributed by atoms with Crippen molar-refractivity contribution in [3.05, 3.63) is 248 Å². The fraction of sp³-hybridized carbons (Fsp3) is 0.0492. The Morgan fingerprint density at radius 1 is 0.290 bits per heavy atom. The van der Waals surface area contributed by atoms with Gasteiger partial charge in [-0.2, -0.15) is 0 Å². The zero-order valence-electron chi connectivity index (χ0n) is 35.0. The number of rotatable bonds is 8. The first-order valence-corrected chi connectivity index (χ1v) is 21.6. The monoisotopic (exact) mass is 791 g/mol. The van der Waals surface area contributed by atoms with Gasteiger partial charge in [-0.25, -0.2) is 0 Å². The number of benzene rings is 10.